The molecule has 0 saturated carbocycles. The molecule has 1 aromatic carbocycles. The maximum absolute atomic E-state index is 12.4. The van der Waals surface area contributed by atoms with Gasteiger partial charge < -0.3 is 4.57 Å². The Labute approximate surface area is 124 Å². The molecule has 0 spiro atoms. The number of hydrogen-bond acceptors (Lipinski definition) is 2. The summed E-state index contributed by atoms with van der Waals surface area (Å²) in [6.45, 7) is 3.94. The van der Waals surface area contributed by atoms with E-state index in [2.05, 4.69) is 18.2 Å². The molecule has 1 aromatic heterocycles. The highest BCUT2D eigenvalue weighted by Gasteiger charge is 2.16. The van der Waals surface area contributed by atoms with Crippen LogP contribution in [0.5, 0.6) is 0 Å². The van der Waals surface area contributed by atoms with Crippen molar-refractivity contribution in [1.82, 2.24) is 4.57 Å². The van der Waals surface area contributed by atoms with Crippen LogP contribution in [0, 0.1) is 11.3 Å². The number of benzene rings is 1. The van der Waals surface area contributed by atoms with Crippen molar-refractivity contribution in [2.24, 2.45) is 0 Å². The molecule has 0 unspecified atom stereocenters. The van der Waals surface area contributed by atoms with Gasteiger partial charge in [-0.05, 0) is 68.0 Å². The van der Waals surface area contributed by atoms with Gasteiger partial charge in [0.1, 0.15) is 11.6 Å². The Morgan fingerprint density at radius 3 is 2.62 bits per heavy atom. The van der Waals surface area contributed by atoms with E-state index >= 15 is 0 Å². The molecule has 0 amide bonds. The van der Waals surface area contributed by atoms with Crippen LogP contribution in [0.2, 0.25) is 0 Å². The van der Waals surface area contributed by atoms with E-state index in [1.165, 1.54) is 17.5 Å². The smallest absolute Gasteiger partial charge is 0.269 e. The minimum absolute atomic E-state index is 0.0223. The van der Waals surface area contributed by atoms with Gasteiger partial charge in [0.05, 0.1) is 5.69 Å². The van der Waals surface area contributed by atoms with Crippen molar-refractivity contribution in [2.75, 3.05) is 0 Å². The summed E-state index contributed by atoms with van der Waals surface area (Å²) in [5.74, 6) is 0. The van der Waals surface area contributed by atoms with Gasteiger partial charge in [0.15, 0.2) is 0 Å². The zero-order chi connectivity index (χ0) is 15.0. The summed E-state index contributed by atoms with van der Waals surface area (Å²) < 4.78 is 1.72. The van der Waals surface area contributed by atoms with Crippen molar-refractivity contribution >= 4 is 0 Å². The van der Waals surface area contributed by atoms with Crippen LogP contribution in [-0.2, 0) is 12.8 Å². The van der Waals surface area contributed by atoms with Gasteiger partial charge in [-0.2, -0.15) is 5.26 Å². The number of pyridine rings is 1. The molecule has 0 radical (unpaired) electrons. The number of nitrogens with zero attached hydrogens (tertiary/aromatic N) is 2. The van der Waals surface area contributed by atoms with E-state index in [-0.39, 0.29) is 17.2 Å². The number of aryl methyl sites for hydroxylation is 2. The zero-order valence-electron chi connectivity index (χ0n) is 12.4. The van der Waals surface area contributed by atoms with E-state index < -0.39 is 0 Å². The number of hydrogen-bond donors (Lipinski definition) is 0. The van der Waals surface area contributed by atoms with Gasteiger partial charge in [-0.3, -0.25) is 4.79 Å². The summed E-state index contributed by atoms with van der Waals surface area (Å²) in [6, 6.07) is 12.0. The van der Waals surface area contributed by atoms with Crippen molar-refractivity contribution in [2.45, 2.75) is 39.2 Å². The minimum Gasteiger partial charge on any atom is -0.305 e. The largest absolute Gasteiger partial charge is 0.305 e. The Morgan fingerprint density at radius 2 is 1.90 bits per heavy atom. The predicted octanol–water partition coefficient (Wildman–Crippen LogP) is 3.46. The predicted molar refractivity (Wildman–Crippen MR) is 83.3 cm³/mol. The topological polar surface area (TPSA) is 45.8 Å². The van der Waals surface area contributed by atoms with E-state index in [0.717, 1.165) is 24.1 Å². The average Bonchev–Trinajstić information content (AvgIpc) is 2.93. The third-order valence-corrected chi connectivity index (χ3v) is 4.15. The molecule has 1 aliphatic carbocycles. The van der Waals surface area contributed by atoms with Crippen LogP contribution in [0.15, 0.2) is 35.1 Å². The van der Waals surface area contributed by atoms with Crippen LogP contribution in [0.25, 0.3) is 11.3 Å². The lowest BCUT2D eigenvalue weighted by molar-refractivity contribution is 0.584. The number of rotatable bonds is 2. The fourth-order valence-corrected chi connectivity index (χ4v) is 3.12. The summed E-state index contributed by atoms with van der Waals surface area (Å²) in [5, 5.41) is 9.05. The number of aromatic nitrogens is 1. The Hall–Kier alpha value is -2.34. The SMILES string of the molecule is CC(C)n1c(-c2ccc3c(c2)CCC3)ccc(C#N)c1=O. The second kappa shape index (κ2) is 5.21. The van der Waals surface area contributed by atoms with Gasteiger partial charge in [-0.1, -0.05) is 12.1 Å². The summed E-state index contributed by atoms with van der Waals surface area (Å²) >= 11 is 0. The van der Waals surface area contributed by atoms with E-state index in [4.69, 9.17) is 5.26 Å². The van der Waals surface area contributed by atoms with E-state index in [1.807, 2.05) is 26.0 Å². The van der Waals surface area contributed by atoms with E-state index in [1.54, 1.807) is 10.6 Å². The molecule has 0 aliphatic heterocycles. The van der Waals surface area contributed by atoms with Crippen LogP contribution in [0.4, 0.5) is 0 Å². The molecule has 0 fully saturated rings. The molecule has 0 N–H and O–H groups in total. The molecule has 1 heterocycles. The Balaban J connectivity index is 2.21. The summed E-state index contributed by atoms with van der Waals surface area (Å²) in [4.78, 5) is 12.4. The molecular formula is C18H18N2O. The summed E-state index contributed by atoms with van der Waals surface area (Å²) in [6.07, 6.45) is 3.48. The molecule has 3 nitrogen and oxygen atoms in total. The van der Waals surface area contributed by atoms with Crippen LogP contribution in [-0.4, -0.2) is 4.57 Å². The van der Waals surface area contributed by atoms with Crippen molar-refractivity contribution < 1.29 is 0 Å². The lowest BCUT2D eigenvalue weighted by atomic mass is 10.0. The third kappa shape index (κ3) is 2.27. The lowest BCUT2D eigenvalue weighted by Gasteiger charge is -2.17. The highest BCUT2D eigenvalue weighted by Crippen LogP contribution is 2.28. The normalized spacial score (nSPS) is 13.2. The maximum Gasteiger partial charge on any atom is 0.269 e. The average molecular weight is 278 g/mol. The quantitative estimate of drug-likeness (QED) is 0.844. The van der Waals surface area contributed by atoms with Gasteiger partial charge in [-0.25, -0.2) is 0 Å². The Kier molecular flexibility index (Phi) is 3.39. The summed E-state index contributed by atoms with van der Waals surface area (Å²) in [7, 11) is 0. The van der Waals surface area contributed by atoms with Crippen molar-refractivity contribution in [3.63, 3.8) is 0 Å². The van der Waals surface area contributed by atoms with E-state index in [9.17, 15) is 4.79 Å². The second-order valence-corrected chi connectivity index (χ2v) is 5.85. The van der Waals surface area contributed by atoms with Gasteiger partial charge in [0, 0.05) is 6.04 Å². The van der Waals surface area contributed by atoms with E-state index in [0.29, 0.717) is 0 Å². The van der Waals surface area contributed by atoms with Crippen LogP contribution in [0.1, 0.15) is 43.0 Å². The first-order chi connectivity index (χ1) is 10.1. The molecular weight excluding hydrogens is 260 g/mol. The monoisotopic (exact) mass is 278 g/mol. The molecule has 3 rings (SSSR count). The molecule has 106 valence electrons. The molecule has 0 atom stereocenters. The molecule has 1 aliphatic rings. The van der Waals surface area contributed by atoms with Crippen LogP contribution < -0.4 is 5.56 Å². The minimum atomic E-state index is -0.203. The highest BCUT2D eigenvalue weighted by atomic mass is 16.1. The number of fused-ring (bicyclic) bond motifs is 1. The molecule has 2 aromatic rings. The highest BCUT2D eigenvalue weighted by molar-refractivity contribution is 5.63. The molecule has 0 saturated heterocycles. The molecule has 0 bridgehead atoms. The standard InChI is InChI=1S/C18H18N2O/c1-12(2)20-17(9-8-16(11-19)18(20)21)15-7-6-13-4-3-5-14(13)10-15/h6-10,12H,3-5H2,1-2H3. The van der Waals surface area contributed by atoms with Gasteiger partial charge >= 0.3 is 0 Å². The van der Waals surface area contributed by atoms with Crippen LogP contribution >= 0.6 is 0 Å². The first kappa shape index (κ1) is 13.6. The fourth-order valence-electron chi connectivity index (χ4n) is 3.12. The zero-order valence-corrected chi connectivity index (χ0v) is 12.4. The van der Waals surface area contributed by atoms with Crippen molar-refractivity contribution in [3.8, 4) is 17.3 Å². The fraction of sp³-hybridized carbons (Fsp3) is 0.333. The van der Waals surface area contributed by atoms with Gasteiger partial charge in [-0.15, -0.1) is 0 Å². The molecule has 3 heteroatoms. The Morgan fingerprint density at radius 1 is 1.14 bits per heavy atom. The first-order valence-corrected chi connectivity index (χ1v) is 7.39. The van der Waals surface area contributed by atoms with Gasteiger partial charge in [0.25, 0.3) is 5.56 Å². The Bertz CT molecular complexity index is 794. The molecule has 21 heavy (non-hydrogen) atoms. The van der Waals surface area contributed by atoms with Crippen LogP contribution in [0.3, 0.4) is 0 Å². The number of nitriles is 1. The van der Waals surface area contributed by atoms with Crippen molar-refractivity contribution in [3.05, 3.63) is 57.4 Å². The first-order valence-electron chi connectivity index (χ1n) is 7.39. The van der Waals surface area contributed by atoms with Gasteiger partial charge in [0.2, 0.25) is 0 Å². The maximum atomic E-state index is 12.4. The second-order valence-electron chi connectivity index (χ2n) is 5.85. The third-order valence-electron chi connectivity index (χ3n) is 4.15. The lowest BCUT2D eigenvalue weighted by Crippen LogP contribution is -2.25. The summed E-state index contributed by atoms with van der Waals surface area (Å²) in [5.41, 5.74) is 4.76. The van der Waals surface area contributed by atoms with Crippen molar-refractivity contribution in [1.29, 1.82) is 5.26 Å².